The van der Waals surface area contributed by atoms with E-state index in [2.05, 4.69) is 69.1 Å². The molecule has 0 radical (unpaired) electrons. The number of hydrogen-bond acceptors (Lipinski definition) is 3. The second kappa shape index (κ2) is 8.15. The maximum absolute atomic E-state index is 12.4. The molecule has 1 aromatic carbocycles. The van der Waals surface area contributed by atoms with E-state index in [9.17, 15) is 4.79 Å². The van der Waals surface area contributed by atoms with E-state index >= 15 is 0 Å². The first-order chi connectivity index (χ1) is 11.3. The zero-order valence-corrected chi connectivity index (χ0v) is 16.4. The number of benzene rings is 1. The third-order valence-corrected chi connectivity index (χ3v) is 5.48. The van der Waals surface area contributed by atoms with Crippen molar-refractivity contribution in [3.05, 3.63) is 29.8 Å². The topological polar surface area (TPSA) is 35.6 Å². The minimum Gasteiger partial charge on any atom is -0.368 e. The molecule has 1 aliphatic heterocycles. The fourth-order valence-electron chi connectivity index (χ4n) is 2.87. The first-order valence-electron chi connectivity index (χ1n) is 8.76. The molecule has 4 nitrogen and oxygen atoms in total. The third-order valence-electron chi connectivity index (χ3n) is 4.20. The second-order valence-electron chi connectivity index (χ2n) is 7.52. The molecule has 5 heteroatoms. The van der Waals surface area contributed by atoms with Crippen LogP contribution in [0.1, 0.15) is 33.3 Å². The summed E-state index contributed by atoms with van der Waals surface area (Å²) in [5.74, 6) is 0.951. The van der Waals surface area contributed by atoms with E-state index in [-0.39, 0.29) is 16.8 Å². The summed E-state index contributed by atoms with van der Waals surface area (Å²) in [6.45, 7) is 14.1. The van der Waals surface area contributed by atoms with Gasteiger partial charge in [-0.05, 0) is 26.0 Å². The molecular weight excluding hydrogens is 318 g/mol. The largest absolute Gasteiger partial charge is 0.368 e. The Bertz CT molecular complexity index is 539. The lowest BCUT2D eigenvalue weighted by Crippen LogP contribution is -2.56. The lowest BCUT2D eigenvalue weighted by Gasteiger charge is -2.41. The van der Waals surface area contributed by atoms with Gasteiger partial charge in [-0.15, -0.1) is 0 Å². The lowest BCUT2D eigenvalue weighted by molar-refractivity contribution is 0.172. The van der Waals surface area contributed by atoms with Crippen molar-refractivity contribution in [2.75, 3.05) is 36.8 Å². The highest BCUT2D eigenvalue weighted by atomic mass is 32.2. The van der Waals surface area contributed by atoms with Gasteiger partial charge in [0, 0.05) is 48.4 Å². The maximum Gasteiger partial charge on any atom is 0.317 e. The predicted molar refractivity (Wildman–Crippen MR) is 105 cm³/mol. The van der Waals surface area contributed by atoms with E-state index in [1.165, 1.54) is 11.3 Å². The molecule has 1 fully saturated rings. The molecule has 0 spiro atoms. The first-order valence-corrected chi connectivity index (χ1v) is 9.75. The van der Waals surface area contributed by atoms with Crippen LogP contribution in [0, 0.1) is 6.92 Å². The van der Waals surface area contributed by atoms with Crippen molar-refractivity contribution in [2.24, 2.45) is 0 Å². The highest BCUT2D eigenvalue weighted by molar-refractivity contribution is 8.00. The number of rotatable bonds is 4. The number of thioether (sulfide) groups is 1. The van der Waals surface area contributed by atoms with Crippen LogP contribution < -0.4 is 10.2 Å². The van der Waals surface area contributed by atoms with Crippen LogP contribution in [0.25, 0.3) is 0 Å². The quantitative estimate of drug-likeness (QED) is 0.841. The summed E-state index contributed by atoms with van der Waals surface area (Å²) in [5.41, 5.74) is 2.52. The highest BCUT2D eigenvalue weighted by Crippen LogP contribution is 2.22. The van der Waals surface area contributed by atoms with E-state index in [0.717, 1.165) is 31.9 Å². The van der Waals surface area contributed by atoms with Gasteiger partial charge in [-0.3, -0.25) is 0 Å². The van der Waals surface area contributed by atoms with Crippen LogP contribution in [-0.4, -0.2) is 53.7 Å². The molecule has 2 amide bonds. The van der Waals surface area contributed by atoms with Crippen LogP contribution >= 0.6 is 11.8 Å². The molecule has 0 aromatic heterocycles. The van der Waals surface area contributed by atoms with Gasteiger partial charge >= 0.3 is 6.03 Å². The number of aryl methyl sites for hydroxylation is 1. The molecule has 2 rings (SSSR count). The Kier molecular flexibility index (Phi) is 6.44. The number of carbonyl (C=O) groups excluding carboxylic acids is 1. The van der Waals surface area contributed by atoms with E-state index in [0.29, 0.717) is 0 Å². The van der Waals surface area contributed by atoms with Crippen LogP contribution in [-0.2, 0) is 0 Å². The van der Waals surface area contributed by atoms with Crippen molar-refractivity contribution >= 4 is 23.5 Å². The Labute approximate surface area is 151 Å². The fourth-order valence-corrected chi connectivity index (χ4v) is 3.68. The maximum atomic E-state index is 12.4. The average Bonchev–Trinajstić information content (AvgIpc) is 2.51. The minimum atomic E-state index is 0.0700. The molecule has 1 aromatic rings. The van der Waals surface area contributed by atoms with E-state index in [1.54, 1.807) is 0 Å². The van der Waals surface area contributed by atoms with Crippen molar-refractivity contribution in [1.29, 1.82) is 0 Å². The van der Waals surface area contributed by atoms with Gasteiger partial charge in [0.2, 0.25) is 0 Å². The van der Waals surface area contributed by atoms with Crippen LogP contribution in [0.5, 0.6) is 0 Å². The van der Waals surface area contributed by atoms with Crippen LogP contribution in [0.4, 0.5) is 10.5 Å². The van der Waals surface area contributed by atoms with Gasteiger partial charge in [-0.1, -0.05) is 38.5 Å². The number of amides is 2. The van der Waals surface area contributed by atoms with Gasteiger partial charge in [-0.25, -0.2) is 4.79 Å². The van der Waals surface area contributed by atoms with Crippen molar-refractivity contribution in [1.82, 2.24) is 10.2 Å². The summed E-state index contributed by atoms with van der Waals surface area (Å²) in [4.78, 5) is 16.7. The molecular formula is C19H31N3OS. The average molecular weight is 350 g/mol. The number of carbonyl (C=O) groups is 1. The SMILES string of the molecule is Cc1ccc(N2CCN(C(=O)NCCSC(C)(C)C)[C@H](C)C2)cc1. The van der Waals surface area contributed by atoms with Gasteiger partial charge in [0.25, 0.3) is 0 Å². The number of piperazine rings is 1. The van der Waals surface area contributed by atoms with Gasteiger partial charge in [0.15, 0.2) is 0 Å². The second-order valence-corrected chi connectivity index (χ2v) is 9.44. The molecule has 134 valence electrons. The van der Waals surface area contributed by atoms with Gasteiger partial charge in [0.05, 0.1) is 0 Å². The van der Waals surface area contributed by atoms with E-state index in [1.807, 2.05) is 16.7 Å². The number of nitrogens with one attached hydrogen (secondary N) is 1. The molecule has 0 saturated carbocycles. The Morgan fingerprint density at radius 2 is 1.92 bits per heavy atom. The van der Waals surface area contributed by atoms with E-state index < -0.39 is 0 Å². The Hall–Kier alpha value is -1.36. The van der Waals surface area contributed by atoms with Crippen molar-refractivity contribution in [3.63, 3.8) is 0 Å². The van der Waals surface area contributed by atoms with Crippen LogP contribution in [0.2, 0.25) is 0 Å². The third kappa shape index (κ3) is 5.62. The highest BCUT2D eigenvalue weighted by Gasteiger charge is 2.27. The zero-order chi connectivity index (χ0) is 17.7. The molecule has 0 aliphatic carbocycles. The summed E-state index contributed by atoms with van der Waals surface area (Å²) >= 11 is 1.88. The lowest BCUT2D eigenvalue weighted by atomic mass is 10.1. The van der Waals surface area contributed by atoms with Crippen LogP contribution in [0.15, 0.2) is 24.3 Å². The summed E-state index contributed by atoms with van der Waals surface area (Å²) in [5, 5.41) is 3.07. The summed E-state index contributed by atoms with van der Waals surface area (Å²) < 4.78 is 0.248. The summed E-state index contributed by atoms with van der Waals surface area (Å²) in [6, 6.07) is 8.91. The van der Waals surface area contributed by atoms with Crippen molar-refractivity contribution in [3.8, 4) is 0 Å². The molecule has 0 bridgehead atoms. The molecule has 0 unspecified atom stereocenters. The summed E-state index contributed by atoms with van der Waals surface area (Å²) in [7, 11) is 0. The number of hydrogen-bond donors (Lipinski definition) is 1. The smallest absolute Gasteiger partial charge is 0.317 e. The molecule has 1 aliphatic rings. The van der Waals surface area contributed by atoms with Crippen molar-refractivity contribution in [2.45, 2.75) is 45.4 Å². The van der Waals surface area contributed by atoms with Crippen molar-refractivity contribution < 1.29 is 4.79 Å². The molecule has 24 heavy (non-hydrogen) atoms. The Morgan fingerprint density at radius 1 is 1.25 bits per heavy atom. The first kappa shape index (κ1) is 19.0. The van der Waals surface area contributed by atoms with E-state index in [4.69, 9.17) is 0 Å². The Balaban J connectivity index is 1.80. The van der Waals surface area contributed by atoms with Gasteiger partial charge in [0.1, 0.15) is 0 Å². The number of anilines is 1. The van der Waals surface area contributed by atoms with Gasteiger partial charge in [-0.2, -0.15) is 11.8 Å². The standard InChI is InChI=1S/C19H31N3OS/c1-15-6-8-17(9-7-15)21-11-12-22(16(2)14-21)18(23)20-10-13-24-19(3,4)5/h6-9,16H,10-14H2,1-5H3,(H,20,23)/t16-/m1/s1. The predicted octanol–water partition coefficient (Wildman–Crippen LogP) is 3.75. The monoisotopic (exact) mass is 349 g/mol. The zero-order valence-electron chi connectivity index (χ0n) is 15.6. The van der Waals surface area contributed by atoms with Crippen LogP contribution in [0.3, 0.4) is 0 Å². The molecule has 1 N–H and O–H groups in total. The fraction of sp³-hybridized carbons (Fsp3) is 0.632. The molecule has 1 saturated heterocycles. The summed E-state index contributed by atoms with van der Waals surface area (Å²) in [6.07, 6.45) is 0. The molecule has 1 heterocycles. The normalized spacial score (nSPS) is 18.6. The Morgan fingerprint density at radius 3 is 2.50 bits per heavy atom. The number of nitrogens with zero attached hydrogens (tertiary/aromatic N) is 2. The van der Waals surface area contributed by atoms with Gasteiger partial charge < -0.3 is 15.1 Å². The molecule has 1 atom stereocenters. The minimum absolute atomic E-state index is 0.0700. The number of urea groups is 1.